The molecule has 16 heteroatoms. The van der Waals surface area contributed by atoms with Gasteiger partial charge in [-0.2, -0.15) is 0 Å². The summed E-state index contributed by atoms with van der Waals surface area (Å²) in [4.78, 5) is 0. The molecule has 0 saturated carbocycles. The quantitative estimate of drug-likeness (QED) is 0.342. The van der Waals surface area contributed by atoms with E-state index in [1.54, 1.807) is 0 Å². The molecule has 0 radical (unpaired) electrons. The van der Waals surface area contributed by atoms with E-state index in [9.17, 15) is 0 Å². The smallest absolute Gasteiger partial charge is 0.0794 e. The average Bonchev–Trinajstić information content (AvgIpc) is 2.15. The van der Waals surface area contributed by atoms with Gasteiger partial charge in [-0.05, 0) is 22.4 Å². The van der Waals surface area contributed by atoms with Gasteiger partial charge in [0.2, 0.25) is 0 Å². The highest BCUT2D eigenvalue weighted by molar-refractivity contribution is 8.26. The van der Waals surface area contributed by atoms with Crippen molar-refractivity contribution in [1.82, 2.24) is 0 Å². The first-order chi connectivity index (χ1) is 8.83. The Kier molecular flexibility index (Phi) is 45.5. The van der Waals surface area contributed by atoms with Crippen LogP contribution in [0.2, 0.25) is 0 Å². The topological polar surface area (TPSA) is 300 Å². The van der Waals surface area contributed by atoms with Gasteiger partial charge in [-0.3, -0.25) is 8.42 Å². The first-order valence-electron chi connectivity index (χ1n) is 5.33. The lowest BCUT2D eigenvalue weighted by Gasteiger charge is -2.12. The molecule has 12 nitrogen and oxygen atoms in total. The van der Waals surface area contributed by atoms with Crippen molar-refractivity contribution in [3.05, 3.63) is 0 Å². The summed E-state index contributed by atoms with van der Waals surface area (Å²) in [6, 6.07) is 0. The molecule has 0 fully saturated rings. The predicted octanol–water partition coefficient (Wildman–Crippen LogP) is -7.94. The third-order valence-electron chi connectivity index (χ3n) is 1.000. The Morgan fingerprint density at radius 3 is 0.727 bits per heavy atom. The Balaban J connectivity index is -0.0000000376. The maximum atomic E-state index is 8.89. The third kappa shape index (κ3) is 404. The number of quaternary nitrogens is 4. The van der Waals surface area contributed by atoms with Crippen molar-refractivity contribution in [2.45, 2.75) is 12.8 Å². The van der Waals surface area contributed by atoms with Crippen molar-refractivity contribution in [3.63, 3.8) is 0 Å². The van der Waals surface area contributed by atoms with Gasteiger partial charge in [0, 0.05) is 12.8 Å². The summed E-state index contributed by atoms with van der Waals surface area (Å²) in [5, 5.41) is 0. The van der Waals surface area contributed by atoms with Gasteiger partial charge in [0.05, 0.1) is 26.2 Å². The van der Waals surface area contributed by atoms with Crippen molar-refractivity contribution in [1.29, 1.82) is 0 Å². The highest BCUT2D eigenvalue weighted by atomic mass is 32.9. The Hall–Kier alpha value is 0.340. The van der Waals surface area contributed by atoms with Crippen LogP contribution in [0, 0.1) is 0 Å². The first kappa shape index (κ1) is 38.1. The van der Waals surface area contributed by atoms with E-state index in [4.69, 9.17) is 26.6 Å². The van der Waals surface area contributed by atoms with Crippen LogP contribution in [0.4, 0.5) is 0 Å². The zero-order valence-electron chi connectivity index (χ0n) is 12.2. The van der Waals surface area contributed by atoms with E-state index in [-0.39, 0.29) is 11.0 Å². The molecule has 0 heterocycles. The van der Waals surface area contributed by atoms with Gasteiger partial charge in [-0.25, -0.2) is 0 Å². The third-order valence-corrected chi connectivity index (χ3v) is 1.000. The molecule has 0 unspecified atom stereocenters. The van der Waals surface area contributed by atoms with Gasteiger partial charge in [-0.1, -0.05) is 0 Å². The van der Waals surface area contributed by atoms with Crippen LogP contribution in [0.25, 0.3) is 0 Å². The van der Waals surface area contributed by atoms with Crippen LogP contribution in [0.3, 0.4) is 0 Å². The lowest BCUT2D eigenvalue weighted by Crippen LogP contribution is -2.57. The van der Waals surface area contributed by atoms with E-state index in [1.807, 2.05) is 0 Å². The van der Waals surface area contributed by atoms with Crippen LogP contribution < -0.4 is 22.9 Å². The molecule has 0 aliphatic heterocycles. The van der Waals surface area contributed by atoms with Crippen molar-refractivity contribution in [2.24, 2.45) is 0 Å². The zero-order valence-corrected chi connectivity index (χ0v) is 15.4. The molecular weight excluding hydrogens is 384 g/mol. The SMILES string of the molecule is O.O.O=S([O-])([O-])=S.O=S([O-])([O-])=S.[NH3+]CCC[NH3+].[NH3+]CCC[NH3+]. The van der Waals surface area contributed by atoms with Crippen LogP contribution >= 0.6 is 0 Å². The lowest BCUT2D eigenvalue weighted by atomic mass is 10.4. The van der Waals surface area contributed by atoms with Crippen LogP contribution in [0.5, 0.6) is 0 Å². The summed E-state index contributed by atoms with van der Waals surface area (Å²) in [7, 11) is -8.67. The van der Waals surface area contributed by atoms with Crippen molar-refractivity contribution < 1.29 is 60.5 Å². The molecule has 0 aliphatic rings. The predicted molar refractivity (Wildman–Crippen MR) is 81.6 cm³/mol. The fourth-order valence-electron chi connectivity index (χ4n) is 0.354. The summed E-state index contributed by atoms with van der Waals surface area (Å²) in [5.41, 5.74) is 14.5. The molecule has 0 aromatic carbocycles. The number of hydrogen-bond donors (Lipinski definition) is 4. The summed E-state index contributed by atoms with van der Waals surface area (Å²) in [6.45, 7) is 4.12. The molecule has 0 saturated heterocycles. The average molecular weight is 413 g/mol. The summed E-state index contributed by atoms with van der Waals surface area (Å²) >= 11 is 6.49. The van der Waals surface area contributed by atoms with Gasteiger partial charge < -0.3 is 52.1 Å². The monoisotopic (exact) mass is 412 g/mol. The Labute approximate surface area is 140 Å². The second kappa shape index (κ2) is 26.2. The number of rotatable bonds is 4. The van der Waals surface area contributed by atoms with Crippen molar-refractivity contribution >= 4 is 40.5 Å². The molecule has 0 aliphatic carbocycles. The van der Waals surface area contributed by atoms with E-state index < -0.39 is 18.1 Å². The van der Waals surface area contributed by atoms with E-state index >= 15 is 0 Å². The van der Waals surface area contributed by atoms with Crippen molar-refractivity contribution in [2.75, 3.05) is 26.2 Å². The second-order valence-electron chi connectivity index (χ2n) is 2.94. The highest BCUT2D eigenvalue weighted by Crippen LogP contribution is 1.61. The van der Waals surface area contributed by atoms with Gasteiger partial charge >= 0.3 is 0 Å². The molecule has 22 heavy (non-hydrogen) atoms. The lowest BCUT2D eigenvalue weighted by molar-refractivity contribution is -0.405. The molecule has 16 N–H and O–H groups in total. The molecule has 144 valence electrons. The van der Waals surface area contributed by atoms with Gasteiger partial charge in [0.1, 0.15) is 0 Å². The molecule has 0 aromatic rings. The first-order valence-corrected chi connectivity index (χ1v) is 10.0. The molecular formula is C6H28N4O8S4. The minimum atomic E-state index is -4.33. The summed E-state index contributed by atoms with van der Waals surface area (Å²) in [6.07, 6.45) is 2.33. The zero-order chi connectivity index (χ0) is 17.2. The van der Waals surface area contributed by atoms with Crippen LogP contribution in [-0.2, 0) is 40.5 Å². The van der Waals surface area contributed by atoms with E-state index in [1.165, 1.54) is 12.8 Å². The molecule has 0 atom stereocenters. The minimum absolute atomic E-state index is 0. The van der Waals surface area contributed by atoms with E-state index in [2.05, 4.69) is 45.3 Å². The fraction of sp³-hybridized carbons (Fsp3) is 1.00. The molecule has 0 spiro atoms. The standard InChI is InChI=1S/2C3H10N2.2H2O3S2.2H2O/c2*4-2-1-3-5;2*1-5(2,3)4;;/h2*1-5H2;2*(H2,1,2,3,4);2*1H2. The number of hydrogen-bond acceptors (Lipinski definition) is 8. The van der Waals surface area contributed by atoms with Crippen LogP contribution in [0.1, 0.15) is 12.8 Å². The van der Waals surface area contributed by atoms with Gasteiger partial charge in [-0.15, -0.1) is 18.1 Å². The Bertz CT molecular complexity index is 307. The Morgan fingerprint density at radius 1 is 0.636 bits per heavy atom. The fourth-order valence-corrected chi connectivity index (χ4v) is 0.354. The summed E-state index contributed by atoms with van der Waals surface area (Å²) in [5.74, 6) is 0. The molecule has 0 aromatic heterocycles. The van der Waals surface area contributed by atoms with Gasteiger partial charge in [0.25, 0.3) is 0 Å². The maximum absolute atomic E-state index is 8.89. The molecule has 0 amide bonds. The molecule has 0 rings (SSSR count). The largest absolute Gasteiger partial charge is 0.780 e. The minimum Gasteiger partial charge on any atom is -0.780 e. The van der Waals surface area contributed by atoms with E-state index in [0.29, 0.717) is 0 Å². The Morgan fingerprint density at radius 2 is 0.727 bits per heavy atom. The maximum Gasteiger partial charge on any atom is 0.0794 e. The van der Waals surface area contributed by atoms with Crippen LogP contribution in [-0.4, -0.2) is 63.8 Å². The van der Waals surface area contributed by atoms with Gasteiger partial charge in [0.15, 0.2) is 0 Å². The summed E-state index contributed by atoms with van der Waals surface area (Å²) < 4.78 is 53.3. The second-order valence-corrected chi connectivity index (χ2v) is 7.02. The highest BCUT2D eigenvalue weighted by Gasteiger charge is 1.74. The van der Waals surface area contributed by atoms with Crippen LogP contribution in [0.15, 0.2) is 0 Å². The van der Waals surface area contributed by atoms with Crippen molar-refractivity contribution in [3.8, 4) is 0 Å². The molecule has 0 bridgehead atoms. The van der Waals surface area contributed by atoms with E-state index in [0.717, 1.165) is 26.2 Å². The normalized spacial score (nSPS) is 9.09.